The Morgan fingerprint density at radius 2 is 1.67 bits per heavy atom. The molecule has 7 nitrogen and oxygen atoms in total. The number of fused-ring (bicyclic) bond motifs is 5. The monoisotopic (exact) mass is 504 g/mol. The van der Waals surface area contributed by atoms with E-state index in [9.17, 15) is 19.2 Å². The third-order valence-electron chi connectivity index (χ3n) is 8.09. The minimum Gasteiger partial charge on any atom is -0.426 e. The summed E-state index contributed by atoms with van der Waals surface area (Å²) in [7, 11) is 0. The first kappa shape index (κ1) is 23.0. The van der Waals surface area contributed by atoms with Gasteiger partial charge in [0.1, 0.15) is 5.75 Å². The number of nitrogens with zero attached hydrogens (tertiary/aromatic N) is 2. The van der Waals surface area contributed by atoms with Gasteiger partial charge in [0, 0.05) is 23.7 Å². The van der Waals surface area contributed by atoms with E-state index in [1.165, 1.54) is 4.90 Å². The number of amides is 3. The van der Waals surface area contributed by atoms with Crippen LogP contribution in [0.1, 0.15) is 24.0 Å². The number of carbonyl (C=O) groups excluding carboxylic acids is 4. The summed E-state index contributed by atoms with van der Waals surface area (Å²) in [6.45, 7) is 3.84. The van der Waals surface area contributed by atoms with Gasteiger partial charge in [-0.15, -0.1) is 0 Å². The predicted octanol–water partition coefficient (Wildman–Crippen LogP) is 4.23. The quantitative estimate of drug-likeness (QED) is 0.269. The Balaban J connectivity index is 1.16. The van der Waals surface area contributed by atoms with Crippen LogP contribution in [0.2, 0.25) is 5.02 Å². The number of aryl methyl sites for hydroxylation is 1. The van der Waals surface area contributed by atoms with Crippen LogP contribution in [0, 0.1) is 43.4 Å². The van der Waals surface area contributed by atoms with Gasteiger partial charge in [-0.3, -0.25) is 19.2 Å². The van der Waals surface area contributed by atoms with Gasteiger partial charge in [-0.2, -0.15) is 0 Å². The Kier molecular flexibility index (Phi) is 5.30. The normalized spacial score (nSPS) is 28.4. The number of ether oxygens (including phenoxy) is 1. The van der Waals surface area contributed by atoms with Crippen molar-refractivity contribution in [2.75, 3.05) is 16.3 Å². The van der Waals surface area contributed by atoms with Gasteiger partial charge in [-0.05, 0) is 73.6 Å². The molecule has 0 aromatic heterocycles. The average Bonchev–Trinajstić information content (AvgIpc) is 3.60. The molecule has 184 valence electrons. The van der Waals surface area contributed by atoms with Crippen LogP contribution >= 0.6 is 11.6 Å². The van der Waals surface area contributed by atoms with Crippen molar-refractivity contribution in [3.63, 3.8) is 0 Å². The zero-order chi connectivity index (χ0) is 25.3. The van der Waals surface area contributed by atoms with E-state index in [1.54, 1.807) is 42.2 Å². The average molecular weight is 505 g/mol. The van der Waals surface area contributed by atoms with Crippen molar-refractivity contribution < 1.29 is 23.9 Å². The topological polar surface area (TPSA) is 84.0 Å². The molecule has 2 bridgehead atoms. The van der Waals surface area contributed by atoms with Gasteiger partial charge in [0.25, 0.3) is 0 Å². The molecule has 4 aliphatic rings. The fraction of sp³-hybridized carbons (Fsp3) is 0.357. The minimum atomic E-state index is -0.611. The van der Waals surface area contributed by atoms with Crippen LogP contribution in [-0.2, 0) is 19.2 Å². The molecule has 0 N–H and O–H groups in total. The van der Waals surface area contributed by atoms with Crippen molar-refractivity contribution in [3.8, 4) is 5.75 Å². The number of allylic oxidation sites excluding steroid dienone is 2. The lowest BCUT2D eigenvalue weighted by Crippen LogP contribution is -2.33. The number of rotatable bonds is 4. The van der Waals surface area contributed by atoms with E-state index in [1.807, 2.05) is 13.0 Å². The van der Waals surface area contributed by atoms with Crippen LogP contribution < -0.4 is 14.5 Å². The molecular formula is C28H25ClN2O5. The van der Waals surface area contributed by atoms with Crippen molar-refractivity contribution in [2.24, 2.45) is 29.6 Å². The van der Waals surface area contributed by atoms with Crippen LogP contribution in [0.25, 0.3) is 0 Å². The molecule has 0 unspecified atom stereocenters. The molecule has 0 radical (unpaired) electrons. The second-order valence-corrected chi connectivity index (χ2v) is 10.6. The standard InChI is InChI=1S/C28H25ClN2O5/c1-14-10-19(8-9-21(14)31-26(33)24-16-6-7-17(11-16)25(24)27(31)34)36-28(35)18-12-23(32)30(13-18)22-5-3-4-20(29)15(22)2/h3-10,16-18,24-25H,11-13H2,1-2H3/t16-,17-,18-,24-,25+/m0/s1. The molecule has 2 aliphatic carbocycles. The largest absolute Gasteiger partial charge is 0.426 e. The van der Waals surface area contributed by atoms with Gasteiger partial charge in [0.2, 0.25) is 17.7 Å². The molecule has 3 fully saturated rings. The molecule has 8 heteroatoms. The first-order chi connectivity index (χ1) is 17.2. The van der Waals surface area contributed by atoms with E-state index in [-0.39, 0.29) is 54.4 Å². The van der Waals surface area contributed by atoms with Crippen molar-refractivity contribution in [1.82, 2.24) is 0 Å². The first-order valence-corrected chi connectivity index (χ1v) is 12.6. The number of hydrogen-bond acceptors (Lipinski definition) is 5. The maximum atomic E-state index is 13.1. The molecule has 2 heterocycles. The van der Waals surface area contributed by atoms with Crippen LogP contribution in [0.15, 0.2) is 48.6 Å². The smallest absolute Gasteiger partial charge is 0.316 e. The highest BCUT2D eigenvalue weighted by atomic mass is 35.5. The summed E-state index contributed by atoms with van der Waals surface area (Å²) in [5.74, 6) is -1.49. The summed E-state index contributed by atoms with van der Waals surface area (Å²) in [6.07, 6.45) is 5.07. The van der Waals surface area contributed by atoms with Gasteiger partial charge in [-0.1, -0.05) is 29.8 Å². The summed E-state index contributed by atoms with van der Waals surface area (Å²) >= 11 is 6.21. The Hall–Kier alpha value is -3.45. The Morgan fingerprint density at radius 1 is 0.972 bits per heavy atom. The number of benzene rings is 2. The summed E-state index contributed by atoms with van der Waals surface area (Å²) < 4.78 is 5.61. The van der Waals surface area contributed by atoms with Crippen molar-refractivity contribution in [1.29, 1.82) is 0 Å². The molecule has 36 heavy (non-hydrogen) atoms. The number of esters is 1. The Labute approximate surface area is 213 Å². The fourth-order valence-electron chi connectivity index (χ4n) is 6.27. The molecule has 3 amide bonds. The predicted molar refractivity (Wildman–Crippen MR) is 134 cm³/mol. The van der Waals surface area contributed by atoms with E-state index in [0.717, 1.165) is 12.0 Å². The summed E-state index contributed by atoms with van der Waals surface area (Å²) in [5.41, 5.74) is 2.67. The second-order valence-electron chi connectivity index (χ2n) is 10.2. The number of carbonyl (C=O) groups is 4. The number of halogens is 1. The lowest BCUT2D eigenvalue weighted by atomic mass is 9.85. The van der Waals surface area contributed by atoms with Gasteiger partial charge in [-0.25, -0.2) is 4.90 Å². The summed E-state index contributed by atoms with van der Waals surface area (Å²) in [4.78, 5) is 54.7. The maximum absolute atomic E-state index is 13.1. The van der Waals surface area contributed by atoms with Crippen molar-refractivity contribution in [3.05, 3.63) is 64.7 Å². The lowest BCUT2D eigenvalue weighted by Gasteiger charge is -2.20. The number of imide groups is 1. The third kappa shape index (κ3) is 3.40. The van der Waals surface area contributed by atoms with Crippen molar-refractivity contribution >= 4 is 46.7 Å². The Morgan fingerprint density at radius 3 is 2.33 bits per heavy atom. The molecule has 2 aromatic rings. The van der Waals surface area contributed by atoms with Crippen LogP contribution in [0.5, 0.6) is 5.75 Å². The van der Waals surface area contributed by atoms with Gasteiger partial charge < -0.3 is 9.64 Å². The number of hydrogen-bond donors (Lipinski definition) is 0. The maximum Gasteiger partial charge on any atom is 0.316 e. The van der Waals surface area contributed by atoms with Gasteiger partial charge >= 0.3 is 5.97 Å². The van der Waals surface area contributed by atoms with Crippen molar-refractivity contribution in [2.45, 2.75) is 26.7 Å². The lowest BCUT2D eigenvalue weighted by molar-refractivity contribution is -0.139. The van der Waals surface area contributed by atoms with Gasteiger partial charge in [0.15, 0.2) is 0 Å². The van der Waals surface area contributed by atoms with Crippen LogP contribution in [0.4, 0.5) is 11.4 Å². The molecule has 1 saturated carbocycles. The van der Waals surface area contributed by atoms with E-state index in [4.69, 9.17) is 16.3 Å². The highest BCUT2D eigenvalue weighted by molar-refractivity contribution is 6.31. The SMILES string of the molecule is Cc1cc(OC(=O)[C@H]2CC(=O)N(c3cccc(Cl)c3C)C2)ccc1N1C(=O)[C@@H]2[C@H](C1=O)[C@H]1C=C[C@H]2C1. The highest BCUT2D eigenvalue weighted by Crippen LogP contribution is 2.53. The van der Waals surface area contributed by atoms with E-state index in [2.05, 4.69) is 12.2 Å². The van der Waals surface area contributed by atoms with E-state index < -0.39 is 11.9 Å². The third-order valence-corrected chi connectivity index (χ3v) is 8.50. The molecule has 6 rings (SSSR count). The zero-order valence-electron chi connectivity index (χ0n) is 19.9. The van der Waals surface area contributed by atoms with E-state index in [0.29, 0.717) is 27.7 Å². The second kappa shape index (κ2) is 8.30. The first-order valence-electron chi connectivity index (χ1n) is 12.2. The van der Waals surface area contributed by atoms with Gasteiger partial charge in [0.05, 0.1) is 23.4 Å². The minimum absolute atomic E-state index is 0.0534. The highest BCUT2D eigenvalue weighted by Gasteiger charge is 2.59. The summed E-state index contributed by atoms with van der Waals surface area (Å²) in [6, 6.07) is 10.3. The molecule has 0 spiro atoms. The van der Waals surface area contributed by atoms with E-state index >= 15 is 0 Å². The molecular weight excluding hydrogens is 480 g/mol. The fourth-order valence-corrected chi connectivity index (χ4v) is 6.44. The Bertz CT molecular complexity index is 1340. The number of anilines is 2. The molecule has 2 aromatic carbocycles. The zero-order valence-corrected chi connectivity index (χ0v) is 20.7. The molecule has 2 aliphatic heterocycles. The van der Waals surface area contributed by atoms with Crippen LogP contribution in [0.3, 0.4) is 0 Å². The molecule has 2 saturated heterocycles. The van der Waals surface area contributed by atoms with Crippen LogP contribution in [-0.4, -0.2) is 30.2 Å². The molecule has 5 atom stereocenters. The summed E-state index contributed by atoms with van der Waals surface area (Å²) in [5, 5.41) is 0.560.